The van der Waals surface area contributed by atoms with Crippen molar-refractivity contribution in [1.82, 2.24) is 9.80 Å². The lowest BCUT2D eigenvalue weighted by molar-refractivity contribution is -0.132. The molecule has 5 heteroatoms. The molecule has 214 valence electrons. The van der Waals surface area contributed by atoms with E-state index in [-0.39, 0.29) is 18.3 Å². The predicted octanol–water partition coefficient (Wildman–Crippen LogP) is 8.46. The normalized spacial score (nSPS) is 13.9. The minimum Gasteiger partial charge on any atom is -0.493 e. The third-order valence-corrected chi connectivity index (χ3v) is 7.69. The van der Waals surface area contributed by atoms with Crippen molar-refractivity contribution < 1.29 is 9.53 Å². The van der Waals surface area contributed by atoms with Gasteiger partial charge < -0.3 is 14.5 Å². The third-order valence-electron chi connectivity index (χ3n) is 7.69. The zero-order valence-electron chi connectivity index (χ0n) is 24.2. The fourth-order valence-electron chi connectivity index (χ4n) is 5.14. The van der Waals surface area contributed by atoms with E-state index in [0.717, 1.165) is 56.9 Å². The maximum Gasteiger partial charge on any atom is 0.222 e. The molecule has 1 aromatic rings. The first kappa shape index (κ1) is 33.8. The van der Waals surface area contributed by atoms with Crippen LogP contribution in [0.3, 0.4) is 0 Å². The minimum absolute atomic E-state index is 0. The van der Waals surface area contributed by atoms with E-state index in [0.29, 0.717) is 6.42 Å². The van der Waals surface area contributed by atoms with Gasteiger partial charge in [-0.1, -0.05) is 121 Å². The number of unbranched alkanes of at least 4 members (excludes halogenated alkanes) is 15. The van der Waals surface area contributed by atoms with Crippen molar-refractivity contribution >= 4 is 18.3 Å². The van der Waals surface area contributed by atoms with Gasteiger partial charge in [-0.3, -0.25) is 4.79 Å². The second-order valence-electron chi connectivity index (χ2n) is 10.9. The van der Waals surface area contributed by atoms with Crippen LogP contribution in [0, 0.1) is 0 Å². The van der Waals surface area contributed by atoms with Crippen LogP contribution in [0.15, 0.2) is 24.3 Å². The van der Waals surface area contributed by atoms with E-state index in [9.17, 15) is 4.79 Å². The summed E-state index contributed by atoms with van der Waals surface area (Å²) in [7, 11) is 2.12. The molecule has 37 heavy (non-hydrogen) atoms. The van der Waals surface area contributed by atoms with E-state index in [1.54, 1.807) is 0 Å². The van der Waals surface area contributed by atoms with Gasteiger partial charge in [-0.15, -0.1) is 12.4 Å². The van der Waals surface area contributed by atoms with Crippen LogP contribution in [0.5, 0.6) is 5.75 Å². The monoisotopic (exact) mass is 536 g/mol. The number of amides is 1. The van der Waals surface area contributed by atoms with E-state index in [1.165, 1.54) is 96.3 Å². The summed E-state index contributed by atoms with van der Waals surface area (Å²) in [6.45, 7) is 6.73. The second kappa shape index (κ2) is 22.7. The molecule has 0 radical (unpaired) electrons. The largest absolute Gasteiger partial charge is 0.493 e. The molecule has 1 heterocycles. The Hall–Kier alpha value is -1.26. The van der Waals surface area contributed by atoms with Gasteiger partial charge in [0.1, 0.15) is 5.75 Å². The number of likely N-dealkylation sites (N-methyl/N-ethyl adjacent to an activating group) is 1. The summed E-state index contributed by atoms with van der Waals surface area (Å²) in [5, 5.41) is 0. The van der Waals surface area contributed by atoms with Crippen LogP contribution in [-0.2, 0) is 11.2 Å². The minimum atomic E-state index is 0. The Morgan fingerprint density at radius 1 is 0.730 bits per heavy atom. The summed E-state index contributed by atoms with van der Waals surface area (Å²) >= 11 is 0. The molecule has 0 aliphatic carbocycles. The molecule has 0 spiro atoms. The van der Waals surface area contributed by atoms with E-state index < -0.39 is 0 Å². The zero-order chi connectivity index (χ0) is 25.7. The Morgan fingerprint density at radius 2 is 1.22 bits per heavy atom. The highest BCUT2D eigenvalue weighted by atomic mass is 35.5. The molecule has 1 aliphatic heterocycles. The van der Waals surface area contributed by atoms with E-state index >= 15 is 0 Å². The van der Waals surface area contributed by atoms with Crippen molar-refractivity contribution in [2.75, 3.05) is 39.8 Å². The van der Waals surface area contributed by atoms with Gasteiger partial charge in [-0.05, 0) is 31.5 Å². The lowest BCUT2D eigenvalue weighted by Crippen LogP contribution is -2.47. The summed E-state index contributed by atoms with van der Waals surface area (Å²) in [6.07, 6.45) is 23.5. The summed E-state index contributed by atoms with van der Waals surface area (Å²) in [4.78, 5) is 16.9. The number of rotatable bonds is 21. The quantitative estimate of drug-likeness (QED) is 0.148. The lowest BCUT2D eigenvalue weighted by atomic mass is 10.0. The molecule has 4 nitrogen and oxygen atoms in total. The number of carbonyl (C=O) groups is 1. The van der Waals surface area contributed by atoms with Crippen LogP contribution in [0.1, 0.15) is 122 Å². The first-order chi connectivity index (χ1) is 17.7. The molecular weight excluding hydrogens is 480 g/mol. The average Bonchev–Trinajstić information content (AvgIpc) is 2.90. The molecule has 1 saturated heterocycles. The van der Waals surface area contributed by atoms with Crippen LogP contribution < -0.4 is 4.74 Å². The van der Waals surface area contributed by atoms with Gasteiger partial charge in [0.05, 0.1) is 6.61 Å². The highest BCUT2D eigenvalue weighted by molar-refractivity contribution is 5.85. The SMILES string of the molecule is CCCCCCCCCCCCCCCCCCOc1ccccc1CCC(=O)N1CCN(C)CC1.Cl. The van der Waals surface area contributed by atoms with Crippen molar-refractivity contribution in [2.24, 2.45) is 0 Å². The molecule has 0 aromatic heterocycles. The van der Waals surface area contributed by atoms with Gasteiger partial charge in [-0.2, -0.15) is 0 Å². The summed E-state index contributed by atoms with van der Waals surface area (Å²) in [5.74, 6) is 1.24. The fraction of sp³-hybridized carbons (Fsp3) is 0.781. The molecule has 1 aromatic carbocycles. The number of para-hydroxylation sites is 1. The standard InChI is InChI=1S/C32H56N2O2.ClH/c1-3-4-5-6-7-8-9-10-11-12-13-14-15-16-17-20-29-36-31-22-19-18-21-30(31)23-24-32(35)34-27-25-33(2)26-28-34;/h18-19,21-22H,3-17,20,23-29H2,1-2H3;1H. The van der Waals surface area contributed by atoms with E-state index in [4.69, 9.17) is 4.74 Å². The molecule has 2 rings (SSSR count). The maximum atomic E-state index is 12.6. The highest BCUT2D eigenvalue weighted by Crippen LogP contribution is 2.21. The number of hydrogen-bond donors (Lipinski definition) is 0. The zero-order valence-corrected chi connectivity index (χ0v) is 25.0. The number of benzene rings is 1. The number of hydrogen-bond acceptors (Lipinski definition) is 3. The van der Waals surface area contributed by atoms with Crippen molar-refractivity contribution in [2.45, 2.75) is 122 Å². The smallest absolute Gasteiger partial charge is 0.222 e. The van der Waals surface area contributed by atoms with Gasteiger partial charge in [0.2, 0.25) is 5.91 Å². The molecular formula is C32H57ClN2O2. The first-order valence-corrected chi connectivity index (χ1v) is 15.4. The third kappa shape index (κ3) is 16.3. The van der Waals surface area contributed by atoms with E-state index in [1.807, 2.05) is 11.0 Å². The Kier molecular flexibility index (Phi) is 20.7. The topological polar surface area (TPSA) is 32.8 Å². The highest BCUT2D eigenvalue weighted by Gasteiger charge is 2.19. The summed E-state index contributed by atoms with van der Waals surface area (Å²) in [5.41, 5.74) is 1.16. The Bertz CT molecular complexity index is 677. The molecule has 0 N–H and O–H groups in total. The van der Waals surface area contributed by atoms with Gasteiger partial charge in [0.25, 0.3) is 0 Å². The number of ether oxygens (including phenoxy) is 1. The van der Waals surface area contributed by atoms with Gasteiger partial charge in [-0.25, -0.2) is 0 Å². The number of aryl methyl sites for hydroxylation is 1. The van der Waals surface area contributed by atoms with Crippen LogP contribution in [-0.4, -0.2) is 55.5 Å². The average molecular weight is 537 g/mol. The van der Waals surface area contributed by atoms with Gasteiger partial charge in [0, 0.05) is 32.6 Å². The number of halogens is 1. The van der Waals surface area contributed by atoms with Crippen molar-refractivity contribution in [3.8, 4) is 5.75 Å². The molecule has 0 saturated carbocycles. The van der Waals surface area contributed by atoms with Crippen LogP contribution >= 0.6 is 12.4 Å². The van der Waals surface area contributed by atoms with Crippen LogP contribution in [0.4, 0.5) is 0 Å². The molecule has 0 bridgehead atoms. The maximum absolute atomic E-state index is 12.6. The molecule has 1 amide bonds. The van der Waals surface area contributed by atoms with Gasteiger partial charge >= 0.3 is 0 Å². The fourth-order valence-corrected chi connectivity index (χ4v) is 5.14. The number of piperazine rings is 1. The van der Waals surface area contributed by atoms with Gasteiger partial charge in [0.15, 0.2) is 0 Å². The Labute approximate surface area is 235 Å². The molecule has 1 fully saturated rings. The number of carbonyl (C=O) groups excluding carboxylic acids is 1. The van der Waals surface area contributed by atoms with Crippen molar-refractivity contribution in [1.29, 1.82) is 0 Å². The lowest BCUT2D eigenvalue weighted by Gasteiger charge is -2.32. The van der Waals surface area contributed by atoms with Crippen molar-refractivity contribution in [3.63, 3.8) is 0 Å². The molecule has 1 aliphatic rings. The van der Waals surface area contributed by atoms with Crippen LogP contribution in [0.25, 0.3) is 0 Å². The Morgan fingerprint density at radius 3 is 1.76 bits per heavy atom. The second-order valence-corrected chi connectivity index (χ2v) is 10.9. The predicted molar refractivity (Wildman–Crippen MR) is 161 cm³/mol. The first-order valence-electron chi connectivity index (χ1n) is 15.4. The molecule has 0 unspecified atom stereocenters. The number of nitrogens with zero attached hydrogens (tertiary/aromatic N) is 2. The molecule has 0 atom stereocenters. The summed E-state index contributed by atoms with van der Waals surface area (Å²) in [6, 6.07) is 8.26. The van der Waals surface area contributed by atoms with Crippen LogP contribution in [0.2, 0.25) is 0 Å². The van der Waals surface area contributed by atoms with E-state index in [2.05, 4.69) is 37.1 Å². The van der Waals surface area contributed by atoms with Crippen molar-refractivity contribution in [3.05, 3.63) is 29.8 Å². The summed E-state index contributed by atoms with van der Waals surface area (Å²) < 4.78 is 6.12. The Balaban J connectivity index is 0.00000684.